The minimum Gasteiger partial charge on any atom is -0.353 e. The monoisotopic (exact) mass is 587 g/mol. The summed E-state index contributed by atoms with van der Waals surface area (Å²) in [6, 6.07) is 10.4. The summed E-state index contributed by atoms with van der Waals surface area (Å²) >= 11 is 3.49. The molecular formula is C26H25BrF3N7O. The number of aromatic nitrogens is 4. The molecule has 1 saturated heterocycles. The lowest BCUT2D eigenvalue weighted by Gasteiger charge is -2.39. The Kier molecular flexibility index (Phi) is 7.10. The van der Waals surface area contributed by atoms with Gasteiger partial charge in [0.15, 0.2) is 5.65 Å². The first-order chi connectivity index (χ1) is 18.1. The van der Waals surface area contributed by atoms with E-state index >= 15 is 0 Å². The number of likely N-dealkylation sites (N-methyl/N-ethyl adjacent to an activating group) is 1. The third-order valence-corrected chi connectivity index (χ3v) is 7.58. The van der Waals surface area contributed by atoms with E-state index in [4.69, 9.17) is 0 Å². The van der Waals surface area contributed by atoms with Crippen molar-refractivity contribution in [3.8, 4) is 5.69 Å². The molecular weight excluding hydrogens is 563 g/mol. The lowest BCUT2D eigenvalue weighted by molar-refractivity contribution is -0.137. The van der Waals surface area contributed by atoms with Gasteiger partial charge < -0.3 is 10.2 Å². The first kappa shape index (κ1) is 26.1. The van der Waals surface area contributed by atoms with E-state index in [1.165, 1.54) is 23.1 Å². The summed E-state index contributed by atoms with van der Waals surface area (Å²) in [5.41, 5.74) is 2.28. The topological polar surface area (TPSA) is 79.2 Å². The van der Waals surface area contributed by atoms with Crippen LogP contribution in [0.5, 0.6) is 0 Å². The first-order valence-electron chi connectivity index (χ1n) is 12.0. The highest BCUT2D eigenvalue weighted by atomic mass is 79.9. The molecule has 38 heavy (non-hydrogen) atoms. The molecule has 8 nitrogen and oxygen atoms in total. The number of nitrogens with zero attached hydrogens (tertiary/aromatic N) is 6. The Morgan fingerprint density at radius 1 is 1.13 bits per heavy atom. The van der Waals surface area contributed by atoms with E-state index in [0.717, 1.165) is 27.7 Å². The molecule has 0 radical (unpaired) electrons. The fourth-order valence-electron chi connectivity index (χ4n) is 4.49. The van der Waals surface area contributed by atoms with Gasteiger partial charge in [0.05, 0.1) is 16.6 Å². The van der Waals surface area contributed by atoms with Crippen molar-refractivity contribution in [2.45, 2.75) is 25.7 Å². The molecule has 4 aromatic rings. The molecule has 1 fully saturated rings. The molecule has 0 spiro atoms. The van der Waals surface area contributed by atoms with Crippen LogP contribution in [0.3, 0.4) is 0 Å². The summed E-state index contributed by atoms with van der Waals surface area (Å²) in [4.78, 5) is 25.9. The minimum absolute atomic E-state index is 0.0801. The number of carbonyl (C=O) groups excluding carboxylic acids is 1. The maximum atomic E-state index is 13.1. The molecule has 5 rings (SSSR count). The lowest BCUT2D eigenvalue weighted by Crippen LogP contribution is -2.57. The minimum atomic E-state index is -4.41. The van der Waals surface area contributed by atoms with E-state index in [2.05, 4.69) is 36.3 Å². The van der Waals surface area contributed by atoms with Gasteiger partial charge in [-0.05, 0) is 55.4 Å². The average Bonchev–Trinajstić information content (AvgIpc) is 3.34. The van der Waals surface area contributed by atoms with E-state index in [1.54, 1.807) is 6.20 Å². The molecule has 2 aromatic heterocycles. The van der Waals surface area contributed by atoms with Gasteiger partial charge in [-0.3, -0.25) is 9.69 Å². The number of hydrogen-bond donors (Lipinski definition) is 1. The molecule has 0 saturated carbocycles. The Morgan fingerprint density at radius 3 is 2.61 bits per heavy atom. The highest BCUT2D eigenvalue weighted by molar-refractivity contribution is 9.10. The van der Waals surface area contributed by atoms with Crippen LogP contribution in [0.2, 0.25) is 0 Å². The number of fused-ring (bicyclic) bond motifs is 1. The largest absolute Gasteiger partial charge is 0.416 e. The van der Waals surface area contributed by atoms with E-state index < -0.39 is 17.8 Å². The first-order valence-corrected chi connectivity index (χ1v) is 12.8. The number of hydrogen-bond acceptors (Lipinski definition) is 6. The number of piperazine rings is 1. The SMILES string of the molecule is Cc1cc(CNC(=O)[C@@H]2CN(c3ncnc4nn(-c5ccc(C(F)(F)F)cc5)cc34)CCN2C)ccc1Br. The van der Waals surface area contributed by atoms with Gasteiger partial charge in [-0.2, -0.15) is 13.2 Å². The van der Waals surface area contributed by atoms with Crippen molar-refractivity contribution >= 4 is 38.7 Å². The predicted octanol–water partition coefficient (Wildman–Crippen LogP) is 4.34. The van der Waals surface area contributed by atoms with E-state index in [1.807, 2.05) is 42.0 Å². The van der Waals surface area contributed by atoms with Crippen LogP contribution in [-0.2, 0) is 17.5 Å². The molecule has 0 unspecified atom stereocenters. The third-order valence-electron chi connectivity index (χ3n) is 6.69. The highest BCUT2D eigenvalue weighted by Crippen LogP contribution is 2.30. The number of alkyl halides is 3. The number of carbonyl (C=O) groups is 1. The fraction of sp³-hybridized carbons (Fsp3) is 0.308. The van der Waals surface area contributed by atoms with Gasteiger partial charge >= 0.3 is 6.18 Å². The lowest BCUT2D eigenvalue weighted by atomic mass is 10.1. The number of amides is 1. The summed E-state index contributed by atoms with van der Waals surface area (Å²) < 4.78 is 41.4. The molecule has 198 valence electrons. The average molecular weight is 588 g/mol. The quantitative estimate of drug-likeness (QED) is 0.374. The molecule has 1 aliphatic heterocycles. The second-order valence-corrected chi connectivity index (χ2v) is 10.2. The fourth-order valence-corrected chi connectivity index (χ4v) is 4.73. The van der Waals surface area contributed by atoms with E-state index in [0.29, 0.717) is 48.7 Å². The zero-order chi connectivity index (χ0) is 27.0. The molecule has 1 aliphatic rings. The van der Waals surface area contributed by atoms with Crippen LogP contribution in [-0.4, -0.2) is 63.3 Å². The second kappa shape index (κ2) is 10.3. The van der Waals surface area contributed by atoms with Gasteiger partial charge in [-0.15, -0.1) is 5.10 Å². The third kappa shape index (κ3) is 5.37. The maximum absolute atomic E-state index is 13.1. The Hall–Kier alpha value is -3.51. The summed E-state index contributed by atoms with van der Waals surface area (Å²) in [7, 11) is 1.92. The van der Waals surface area contributed by atoms with Crippen LogP contribution in [0.25, 0.3) is 16.7 Å². The van der Waals surface area contributed by atoms with Gasteiger partial charge in [0.1, 0.15) is 18.2 Å². The van der Waals surface area contributed by atoms with Crippen molar-refractivity contribution in [1.82, 2.24) is 30.0 Å². The number of anilines is 1. The Labute approximate surface area is 225 Å². The van der Waals surface area contributed by atoms with E-state index in [-0.39, 0.29) is 5.91 Å². The number of rotatable bonds is 5. The molecule has 0 aliphatic carbocycles. The molecule has 0 bridgehead atoms. The van der Waals surface area contributed by atoms with Gasteiger partial charge in [-0.1, -0.05) is 28.1 Å². The molecule has 1 atom stereocenters. The van der Waals surface area contributed by atoms with Gasteiger partial charge in [0, 0.05) is 36.8 Å². The van der Waals surface area contributed by atoms with Gasteiger partial charge in [0.2, 0.25) is 5.91 Å². The molecule has 1 N–H and O–H groups in total. The normalized spacial score (nSPS) is 16.7. The van der Waals surface area contributed by atoms with Crippen molar-refractivity contribution in [2.24, 2.45) is 0 Å². The van der Waals surface area contributed by atoms with Crippen LogP contribution in [0.1, 0.15) is 16.7 Å². The van der Waals surface area contributed by atoms with Crippen LogP contribution in [0, 0.1) is 6.92 Å². The highest BCUT2D eigenvalue weighted by Gasteiger charge is 2.32. The summed E-state index contributed by atoms with van der Waals surface area (Å²) in [6.45, 7) is 4.14. The zero-order valence-electron chi connectivity index (χ0n) is 20.7. The van der Waals surface area contributed by atoms with Crippen LogP contribution < -0.4 is 10.2 Å². The van der Waals surface area contributed by atoms with E-state index in [9.17, 15) is 18.0 Å². The summed E-state index contributed by atoms with van der Waals surface area (Å²) in [6.07, 6.45) is -1.30. The summed E-state index contributed by atoms with van der Waals surface area (Å²) in [5.74, 6) is 0.547. The van der Waals surface area contributed by atoms with Crippen molar-refractivity contribution in [3.05, 3.63) is 76.2 Å². The summed E-state index contributed by atoms with van der Waals surface area (Å²) in [5, 5.41) is 8.14. The Balaban J connectivity index is 1.34. The molecule has 3 heterocycles. The number of aryl methyl sites for hydroxylation is 1. The van der Waals surface area contributed by atoms with Crippen molar-refractivity contribution in [3.63, 3.8) is 0 Å². The Bertz CT molecular complexity index is 1470. The van der Waals surface area contributed by atoms with Crippen LogP contribution in [0.4, 0.5) is 19.0 Å². The van der Waals surface area contributed by atoms with Crippen molar-refractivity contribution in [1.29, 1.82) is 0 Å². The smallest absolute Gasteiger partial charge is 0.353 e. The molecule has 1 amide bonds. The van der Waals surface area contributed by atoms with Gasteiger partial charge in [-0.25, -0.2) is 14.6 Å². The Morgan fingerprint density at radius 2 is 1.89 bits per heavy atom. The standard InChI is InChI=1S/C26H25BrF3N7O/c1-16-11-17(3-8-21(16)27)12-31-25(38)22-14-36(10-9-35(22)2)24-20-13-37(34-23(20)32-15-33-24)19-6-4-18(5-7-19)26(28,29)30/h3-8,11,13,15,22H,9-10,12,14H2,1-2H3,(H,31,38)/t22-/m0/s1. The van der Waals surface area contributed by atoms with Crippen LogP contribution in [0.15, 0.2) is 59.5 Å². The zero-order valence-corrected chi connectivity index (χ0v) is 22.3. The van der Waals surface area contributed by atoms with Crippen LogP contribution >= 0.6 is 15.9 Å². The van der Waals surface area contributed by atoms with Crippen molar-refractivity contribution < 1.29 is 18.0 Å². The molecule has 12 heteroatoms. The van der Waals surface area contributed by atoms with Crippen molar-refractivity contribution in [2.75, 3.05) is 31.6 Å². The number of nitrogens with one attached hydrogen (secondary N) is 1. The van der Waals surface area contributed by atoms with Gasteiger partial charge in [0.25, 0.3) is 0 Å². The number of halogens is 4. The second-order valence-electron chi connectivity index (χ2n) is 9.30. The number of benzene rings is 2. The maximum Gasteiger partial charge on any atom is 0.416 e. The molecule has 2 aromatic carbocycles. The predicted molar refractivity (Wildman–Crippen MR) is 141 cm³/mol.